The van der Waals surface area contributed by atoms with E-state index in [2.05, 4.69) is 15.9 Å². The summed E-state index contributed by atoms with van der Waals surface area (Å²) >= 11 is 3.46. The normalized spacial score (nSPS) is 16.4. The Kier molecular flexibility index (Phi) is 4.49. The molecular weight excluding hydrogens is 416 g/mol. The number of allylic oxidation sites excluding steroid dienone is 1. The highest BCUT2D eigenvalue weighted by molar-refractivity contribution is 9.10. The van der Waals surface area contributed by atoms with Crippen molar-refractivity contribution < 1.29 is 28.5 Å². The molecule has 4 rings (SSSR count). The average molecular weight is 431 g/mol. The molecule has 0 saturated carbocycles. The Labute approximate surface area is 163 Å². The lowest BCUT2D eigenvalue weighted by atomic mass is 10.0. The number of fused-ring (bicyclic) bond motifs is 2. The van der Waals surface area contributed by atoms with Gasteiger partial charge in [0.2, 0.25) is 5.78 Å². The van der Waals surface area contributed by atoms with Crippen LogP contribution < -0.4 is 14.2 Å². The summed E-state index contributed by atoms with van der Waals surface area (Å²) in [7, 11) is 0. The molecule has 0 atom stereocenters. The summed E-state index contributed by atoms with van der Waals surface area (Å²) in [6.45, 7) is 3.69. The number of esters is 1. The van der Waals surface area contributed by atoms with Crippen LogP contribution in [0.2, 0.25) is 0 Å². The van der Waals surface area contributed by atoms with Gasteiger partial charge in [0.15, 0.2) is 12.6 Å². The summed E-state index contributed by atoms with van der Waals surface area (Å²) in [4.78, 5) is 24.0. The molecule has 0 bridgehead atoms. The fourth-order valence-corrected chi connectivity index (χ4v) is 3.68. The van der Waals surface area contributed by atoms with E-state index in [9.17, 15) is 9.59 Å². The number of ketones is 1. The van der Waals surface area contributed by atoms with Crippen LogP contribution in [-0.2, 0) is 16.1 Å². The maximum absolute atomic E-state index is 12.8. The molecule has 0 amide bonds. The number of carbonyl (C=O) groups is 2. The van der Waals surface area contributed by atoms with Gasteiger partial charge in [0, 0.05) is 28.6 Å². The number of benzene rings is 2. The van der Waals surface area contributed by atoms with Crippen LogP contribution in [0.1, 0.15) is 34.0 Å². The van der Waals surface area contributed by atoms with Gasteiger partial charge in [-0.05, 0) is 36.8 Å². The standard InChI is InChI=1S/C20H15BrO6/c1-10-3-15(26-11(2)22)7-16-18(10)19(23)17(27-16)6-12-4-14(21)5-13-8-24-9-25-20(12)13/h3-7H,8-9H2,1-2H3/b17-6-. The molecule has 2 heterocycles. The lowest BCUT2D eigenvalue weighted by molar-refractivity contribution is -0.131. The topological polar surface area (TPSA) is 71.1 Å². The highest BCUT2D eigenvalue weighted by Crippen LogP contribution is 2.39. The van der Waals surface area contributed by atoms with Crippen LogP contribution in [0.3, 0.4) is 0 Å². The fourth-order valence-electron chi connectivity index (χ4n) is 3.16. The second-order valence-electron chi connectivity index (χ2n) is 6.24. The third-order valence-corrected chi connectivity index (χ3v) is 4.65. The van der Waals surface area contributed by atoms with Gasteiger partial charge in [0.25, 0.3) is 0 Å². The third kappa shape index (κ3) is 3.36. The van der Waals surface area contributed by atoms with Crippen LogP contribution in [0, 0.1) is 6.92 Å². The van der Waals surface area contributed by atoms with Gasteiger partial charge in [-0.3, -0.25) is 9.59 Å². The monoisotopic (exact) mass is 430 g/mol. The highest BCUT2D eigenvalue weighted by Gasteiger charge is 2.31. The number of carbonyl (C=O) groups excluding carboxylic acids is 2. The number of Topliss-reactive ketones (excluding diaryl/α,β-unsaturated/α-hetero) is 1. The van der Waals surface area contributed by atoms with Crippen molar-refractivity contribution in [3.8, 4) is 17.2 Å². The Hall–Kier alpha value is -2.64. The molecule has 2 aliphatic heterocycles. The van der Waals surface area contributed by atoms with Crippen molar-refractivity contribution in [2.75, 3.05) is 6.79 Å². The Bertz CT molecular complexity index is 1010. The van der Waals surface area contributed by atoms with Crippen molar-refractivity contribution >= 4 is 33.8 Å². The molecule has 138 valence electrons. The van der Waals surface area contributed by atoms with Gasteiger partial charge in [-0.1, -0.05) is 15.9 Å². The first-order valence-electron chi connectivity index (χ1n) is 8.22. The Morgan fingerprint density at radius 2 is 2.07 bits per heavy atom. The largest absolute Gasteiger partial charge is 0.467 e. The van der Waals surface area contributed by atoms with Gasteiger partial charge in [0.05, 0.1) is 12.2 Å². The molecule has 0 aliphatic carbocycles. The van der Waals surface area contributed by atoms with Gasteiger partial charge in [-0.2, -0.15) is 0 Å². The van der Waals surface area contributed by atoms with Gasteiger partial charge in [-0.25, -0.2) is 0 Å². The minimum atomic E-state index is -0.436. The van der Waals surface area contributed by atoms with Gasteiger partial charge in [-0.15, -0.1) is 0 Å². The van der Waals surface area contributed by atoms with E-state index in [-0.39, 0.29) is 18.3 Å². The van der Waals surface area contributed by atoms with E-state index in [0.717, 1.165) is 15.6 Å². The van der Waals surface area contributed by atoms with Crippen molar-refractivity contribution in [2.45, 2.75) is 20.5 Å². The number of ether oxygens (including phenoxy) is 4. The first-order valence-corrected chi connectivity index (χ1v) is 9.02. The predicted molar refractivity (Wildman–Crippen MR) is 99.8 cm³/mol. The number of aryl methyl sites for hydroxylation is 1. The molecule has 0 spiro atoms. The molecule has 2 aromatic rings. The minimum Gasteiger partial charge on any atom is -0.467 e. The molecule has 27 heavy (non-hydrogen) atoms. The maximum atomic E-state index is 12.8. The van der Waals surface area contributed by atoms with Crippen molar-refractivity contribution in [3.63, 3.8) is 0 Å². The van der Waals surface area contributed by atoms with E-state index in [1.54, 1.807) is 25.1 Å². The van der Waals surface area contributed by atoms with Crippen molar-refractivity contribution in [1.29, 1.82) is 0 Å². The molecule has 6 nitrogen and oxygen atoms in total. The van der Waals surface area contributed by atoms with E-state index < -0.39 is 5.97 Å². The maximum Gasteiger partial charge on any atom is 0.308 e. The van der Waals surface area contributed by atoms with E-state index in [1.165, 1.54) is 6.92 Å². The van der Waals surface area contributed by atoms with Gasteiger partial charge in [0.1, 0.15) is 17.2 Å². The van der Waals surface area contributed by atoms with Crippen LogP contribution in [0.15, 0.2) is 34.5 Å². The van der Waals surface area contributed by atoms with Crippen LogP contribution in [0.25, 0.3) is 6.08 Å². The Balaban J connectivity index is 1.74. The lowest BCUT2D eigenvalue weighted by Gasteiger charge is -2.20. The number of hydrogen-bond acceptors (Lipinski definition) is 6. The van der Waals surface area contributed by atoms with Crippen LogP contribution in [-0.4, -0.2) is 18.5 Å². The molecule has 0 radical (unpaired) electrons. The lowest BCUT2D eigenvalue weighted by Crippen LogP contribution is -2.12. The van der Waals surface area contributed by atoms with Crippen molar-refractivity contribution in [3.05, 3.63) is 56.8 Å². The minimum absolute atomic E-state index is 0.157. The van der Waals surface area contributed by atoms with E-state index >= 15 is 0 Å². The van der Waals surface area contributed by atoms with Gasteiger partial charge >= 0.3 is 5.97 Å². The SMILES string of the molecule is CC(=O)Oc1cc(C)c2c(c1)O/C(=C\c1cc(Br)cc3c1OCOC3)C2=O. The smallest absolute Gasteiger partial charge is 0.308 e. The molecule has 2 aromatic carbocycles. The van der Waals surface area contributed by atoms with Gasteiger partial charge < -0.3 is 18.9 Å². The zero-order valence-electron chi connectivity index (χ0n) is 14.6. The molecule has 2 aliphatic rings. The van der Waals surface area contributed by atoms with E-state index in [1.807, 2.05) is 12.1 Å². The fraction of sp³-hybridized carbons (Fsp3) is 0.200. The predicted octanol–water partition coefficient (Wildman–Crippen LogP) is 4.17. The second kappa shape index (κ2) is 6.83. The van der Waals surface area contributed by atoms with Crippen molar-refractivity contribution in [1.82, 2.24) is 0 Å². The average Bonchev–Trinajstić information content (AvgIpc) is 2.90. The molecule has 0 N–H and O–H groups in total. The third-order valence-electron chi connectivity index (χ3n) is 4.20. The Morgan fingerprint density at radius 1 is 1.26 bits per heavy atom. The molecule has 0 unspecified atom stereocenters. The molecule has 0 fully saturated rings. The summed E-state index contributed by atoms with van der Waals surface area (Å²) in [6, 6.07) is 6.96. The van der Waals surface area contributed by atoms with E-state index in [4.69, 9.17) is 18.9 Å². The molecule has 0 aromatic heterocycles. The van der Waals surface area contributed by atoms with Crippen LogP contribution in [0.5, 0.6) is 17.2 Å². The zero-order valence-corrected chi connectivity index (χ0v) is 16.2. The van der Waals surface area contributed by atoms with Crippen LogP contribution >= 0.6 is 15.9 Å². The zero-order chi connectivity index (χ0) is 19.1. The number of halogens is 1. The summed E-state index contributed by atoms with van der Waals surface area (Å²) in [5, 5.41) is 0. The Morgan fingerprint density at radius 3 is 2.85 bits per heavy atom. The summed E-state index contributed by atoms with van der Waals surface area (Å²) in [6.07, 6.45) is 1.65. The van der Waals surface area contributed by atoms with Crippen molar-refractivity contribution in [2.24, 2.45) is 0 Å². The van der Waals surface area contributed by atoms with E-state index in [0.29, 0.717) is 35.0 Å². The summed E-state index contributed by atoms with van der Waals surface area (Å²) < 4.78 is 22.6. The molecule has 7 heteroatoms. The first kappa shape index (κ1) is 17.8. The quantitative estimate of drug-likeness (QED) is 0.404. The second-order valence-corrected chi connectivity index (χ2v) is 7.16. The summed E-state index contributed by atoms with van der Waals surface area (Å²) in [5.74, 6) is 0.904. The number of hydrogen-bond donors (Lipinski definition) is 0. The summed E-state index contributed by atoms with van der Waals surface area (Å²) in [5.41, 5.74) is 2.75. The number of rotatable bonds is 2. The molecule has 0 saturated heterocycles. The highest BCUT2D eigenvalue weighted by atomic mass is 79.9. The first-order chi connectivity index (χ1) is 12.9. The molecular formula is C20H15BrO6. The van der Waals surface area contributed by atoms with Crippen LogP contribution in [0.4, 0.5) is 0 Å².